The molecule has 0 spiro atoms. The molecule has 1 heterocycles. The molecule has 0 bridgehead atoms. The van der Waals surface area contributed by atoms with Crippen LogP contribution in [0.3, 0.4) is 0 Å². The van der Waals surface area contributed by atoms with Crippen LogP contribution < -0.4 is 10.5 Å². The second-order valence-corrected chi connectivity index (χ2v) is 5.71. The fourth-order valence-corrected chi connectivity index (χ4v) is 2.67. The minimum absolute atomic E-state index is 0.0764. The van der Waals surface area contributed by atoms with Crippen molar-refractivity contribution in [3.05, 3.63) is 28.7 Å². The number of nitrogens with zero attached hydrogens (tertiary/aromatic N) is 1. The van der Waals surface area contributed by atoms with E-state index in [0.29, 0.717) is 11.1 Å². The van der Waals surface area contributed by atoms with Gasteiger partial charge >= 0.3 is 5.76 Å². The van der Waals surface area contributed by atoms with E-state index in [1.54, 1.807) is 0 Å². The molecule has 8 heteroatoms. The lowest BCUT2D eigenvalue weighted by molar-refractivity contribution is 0.204. The Morgan fingerprint density at radius 2 is 2.16 bits per heavy atom. The Balaban J connectivity index is 2.40. The number of aromatic nitrogens is 1. The van der Waals surface area contributed by atoms with Crippen molar-refractivity contribution in [1.82, 2.24) is 9.29 Å². The number of rotatable bonds is 5. The number of aryl methyl sites for hydroxylation is 1. The minimum atomic E-state index is -3.62. The van der Waals surface area contributed by atoms with E-state index in [9.17, 15) is 13.2 Å². The maximum absolute atomic E-state index is 12.0. The Morgan fingerprint density at radius 3 is 2.84 bits per heavy atom. The molecule has 0 aliphatic carbocycles. The van der Waals surface area contributed by atoms with Gasteiger partial charge in [0.2, 0.25) is 10.0 Å². The van der Waals surface area contributed by atoms with E-state index in [-0.39, 0.29) is 18.0 Å². The summed E-state index contributed by atoms with van der Waals surface area (Å²) in [6, 6.07) is 4.25. The maximum atomic E-state index is 12.0. The Morgan fingerprint density at radius 1 is 1.42 bits per heavy atom. The van der Waals surface area contributed by atoms with Crippen LogP contribution in [0.1, 0.15) is 0 Å². The van der Waals surface area contributed by atoms with Gasteiger partial charge in [-0.2, -0.15) is 0 Å². The zero-order chi connectivity index (χ0) is 14.0. The largest absolute Gasteiger partial charge is 0.419 e. The number of hydrogen-bond acceptors (Lipinski definition) is 5. The van der Waals surface area contributed by atoms with Crippen LogP contribution in [0.2, 0.25) is 0 Å². The van der Waals surface area contributed by atoms with Crippen LogP contribution >= 0.6 is 0 Å². The number of ether oxygens (including phenoxy) is 1. The number of sulfonamides is 1. The Labute approximate surface area is 109 Å². The maximum Gasteiger partial charge on any atom is 0.419 e. The lowest BCUT2D eigenvalue weighted by Crippen LogP contribution is -2.27. The highest BCUT2D eigenvalue weighted by Crippen LogP contribution is 2.17. The molecule has 0 fully saturated rings. The second-order valence-electron chi connectivity index (χ2n) is 3.95. The highest BCUT2D eigenvalue weighted by Gasteiger charge is 2.16. The van der Waals surface area contributed by atoms with Gasteiger partial charge in [0.15, 0.2) is 5.58 Å². The van der Waals surface area contributed by atoms with Crippen LogP contribution in [0.4, 0.5) is 0 Å². The first kappa shape index (κ1) is 13.8. The van der Waals surface area contributed by atoms with Gasteiger partial charge in [-0.25, -0.2) is 17.9 Å². The molecule has 0 radical (unpaired) electrons. The summed E-state index contributed by atoms with van der Waals surface area (Å²) < 4.78 is 37.3. The fraction of sp³-hybridized carbons (Fsp3) is 0.364. The standard InChI is InChI=1S/C11H14N2O5S/c1-13-9-7-8(3-4-10(9)18-11(13)14)19(15,16)12-5-6-17-2/h3-4,7,12H,5-6H2,1-2H3. The van der Waals surface area contributed by atoms with Gasteiger partial charge in [-0.15, -0.1) is 0 Å². The molecular formula is C11H14N2O5S. The first-order valence-electron chi connectivity index (χ1n) is 5.54. The lowest BCUT2D eigenvalue weighted by atomic mass is 10.3. The quantitative estimate of drug-likeness (QED) is 0.785. The normalized spacial score (nSPS) is 12.1. The van der Waals surface area contributed by atoms with E-state index in [1.807, 2.05) is 0 Å². The van der Waals surface area contributed by atoms with Crippen LogP contribution in [-0.4, -0.2) is 33.2 Å². The van der Waals surface area contributed by atoms with Crippen molar-refractivity contribution >= 4 is 21.1 Å². The van der Waals surface area contributed by atoms with Crippen molar-refractivity contribution < 1.29 is 17.6 Å². The molecule has 1 N–H and O–H groups in total. The predicted molar refractivity (Wildman–Crippen MR) is 68.5 cm³/mol. The van der Waals surface area contributed by atoms with Crippen molar-refractivity contribution in [3.63, 3.8) is 0 Å². The van der Waals surface area contributed by atoms with Gasteiger partial charge in [0, 0.05) is 20.7 Å². The van der Waals surface area contributed by atoms with E-state index in [4.69, 9.17) is 9.15 Å². The summed E-state index contributed by atoms with van der Waals surface area (Å²) in [5, 5.41) is 0. The molecule has 7 nitrogen and oxygen atoms in total. The summed E-state index contributed by atoms with van der Waals surface area (Å²) in [4.78, 5) is 11.4. The van der Waals surface area contributed by atoms with Crippen LogP contribution in [0.25, 0.3) is 11.1 Å². The van der Waals surface area contributed by atoms with Crippen LogP contribution in [0.5, 0.6) is 0 Å². The van der Waals surface area contributed by atoms with Crippen molar-refractivity contribution in [2.45, 2.75) is 4.90 Å². The molecule has 0 amide bonds. The Bertz CT molecular complexity index is 744. The summed E-state index contributed by atoms with van der Waals surface area (Å²) in [5.41, 5.74) is 0.781. The van der Waals surface area contributed by atoms with Crippen LogP contribution in [0, 0.1) is 0 Å². The zero-order valence-electron chi connectivity index (χ0n) is 10.5. The molecule has 0 saturated carbocycles. The number of oxazole rings is 1. The highest BCUT2D eigenvalue weighted by atomic mass is 32.2. The average Bonchev–Trinajstić information content (AvgIpc) is 2.65. The van der Waals surface area contributed by atoms with E-state index in [2.05, 4.69) is 4.72 Å². The van der Waals surface area contributed by atoms with Crippen molar-refractivity contribution in [2.75, 3.05) is 20.3 Å². The fourth-order valence-electron chi connectivity index (χ4n) is 1.64. The predicted octanol–water partition coefficient (Wildman–Crippen LogP) is 0.0562. The monoisotopic (exact) mass is 286 g/mol. The molecule has 0 aliphatic rings. The smallest absolute Gasteiger partial charge is 0.408 e. The van der Waals surface area contributed by atoms with Crippen LogP contribution in [-0.2, 0) is 21.8 Å². The lowest BCUT2D eigenvalue weighted by Gasteiger charge is -2.06. The van der Waals surface area contributed by atoms with Gasteiger partial charge in [-0.1, -0.05) is 0 Å². The zero-order valence-corrected chi connectivity index (χ0v) is 11.4. The van der Waals surface area contributed by atoms with Crippen molar-refractivity contribution in [1.29, 1.82) is 0 Å². The number of benzene rings is 1. The number of nitrogens with one attached hydrogen (secondary N) is 1. The third-order valence-corrected chi connectivity index (χ3v) is 4.13. The van der Waals surface area contributed by atoms with Crippen molar-refractivity contribution in [3.8, 4) is 0 Å². The first-order chi connectivity index (χ1) is 8.95. The molecule has 2 rings (SSSR count). The van der Waals surface area contributed by atoms with E-state index < -0.39 is 15.8 Å². The molecule has 104 valence electrons. The number of methoxy groups -OCH3 is 1. The molecular weight excluding hydrogens is 272 g/mol. The average molecular weight is 286 g/mol. The summed E-state index contributed by atoms with van der Waals surface area (Å²) >= 11 is 0. The molecule has 1 aromatic carbocycles. The van der Waals surface area contributed by atoms with Gasteiger partial charge in [-0.05, 0) is 18.2 Å². The Kier molecular flexibility index (Phi) is 3.74. The van der Waals surface area contributed by atoms with E-state index in [0.717, 1.165) is 0 Å². The first-order valence-corrected chi connectivity index (χ1v) is 7.02. The molecule has 2 aromatic rings. The van der Waals surface area contributed by atoms with Gasteiger partial charge in [-0.3, -0.25) is 4.57 Å². The number of fused-ring (bicyclic) bond motifs is 1. The van der Waals surface area contributed by atoms with Gasteiger partial charge in [0.25, 0.3) is 0 Å². The number of hydrogen-bond donors (Lipinski definition) is 1. The van der Waals surface area contributed by atoms with E-state index >= 15 is 0 Å². The van der Waals surface area contributed by atoms with Crippen LogP contribution in [0.15, 0.2) is 32.3 Å². The SMILES string of the molecule is COCCNS(=O)(=O)c1ccc2oc(=O)n(C)c2c1. The highest BCUT2D eigenvalue weighted by molar-refractivity contribution is 7.89. The van der Waals surface area contributed by atoms with Gasteiger partial charge in [0.1, 0.15) is 0 Å². The topological polar surface area (TPSA) is 90.5 Å². The minimum Gasteiger partial charge on any atom is -0.408 e. The molecule has 0 aliphatic heterocycles. The third kappa shape index (κ3) is 2.70. The summed E-state index contributed by atoms with van der Waals surface area (Å²) in [5.74, 6) is -0.531. The molecule has 1 aromatic heterocycles. The summed E-state index contributed by atoms with van der Waals surface area (Å²) in [6.45, 7) is 0.465. The summed E-state index contributed by atoms with van der Waals surface area (Å²) in [6.07, 6.45) is 0. The molecule has 0 atom stereocenters. The van der Waals surface area contributed by atoms with Gasteiger partial charge in [0.05, 0.1) is 17.0 Å². The molecule has 19 heavy (non-hydrogen) atoms. The van der Waals surface area contributed by atoms with Gasteiger partial charge < -0.3 is 9.15 Å². The summed E-state index contributed by atoms with van der Waals surface area (Å²) in [7, 11) is -0.614. The second kappa shape index (κ2) is 5.16. The third-order valence-electron chi connectivity index (χ3n) is 2.67. The Hall–Kier alpha value is -1.64. The molecule has 0 unspecified atom stereocenters. The molecule has 0 saturated heterocycles. The van der Waals surface area contributed by atoms with Crippen molar-refractivity contribution in [2.24, 2.45) is 7.05 Å². The van der Waals surface area contributed by atoms with E-state index in [1.165, 1.54) is 36.9 Å².